The zero-order valence-electron chi connectivity index (χ0n) is 15.8. The second-order valence-electron chi connectivity index (χ2n) is 7.07. The molecule has 0 radical (unpaired) electrons. The van der Waals surface area contributed by atoms with Crippen molar-refractivity contribution in [2.24, 2.45) is 0 Å². The maximum atomic E-state index is 13.0. The third-order valence-corrected chi connectivity index (χ3v) is 5.29. The summed E-state index contributed by atoms with van der Waals surface area (Å²) in [6.07, 6.45) is 5.68. The van der Waals surface area contributed by atoms with Crippen LogP contribution in [0.25, 0.3) is 0 Å². The summed E-state index contributed by atoms with van der Waals surface area (Å²) in [5.74, 6) is 0.926. The molecule has 0 aliphatic carbocycles. The molecule has 1 aromatic heterocycles. The number of aryl methyl sites for hydroxylation is 2. The molecule has 0 spiro atoms. The Hall–Kier alpha value is -2.56. The molecule has 1 aliphatic heterocycles. The van der Waals surface area contributed by atoms with Crippen LogP contribution < -0.4 is 0 Å². The SMILES string of the molecule is CCc1ccc(C2CCCCCN2C(=O)CCc2ccccc2C(=O)O)o1. The van der Waals surface area contributed by atoms with Gasteiger partial charge in [0, 0.05) is 19.4 Å². The van der Waals surface area contributed by atoms with Crippen LogP contribution in [0, 0.1) is 0 Å². The highest BCUT2D eigenvalue weighted by molar-refractivity contribution is 5.89. The number of furan rings is 1. The summed E-state index contributed by atoms with van der Waals surface area (Å²) in [7, 11) is 0. The Bertz CT molecular complexity index is 795. The van der Waals surface area contributed by atoms with Crippen LogP contribution in [0.3, 0.4) is 0 Å². The average Bonchev–Trinajstić information content (AvgIpc) is 3.02. The Morgan fingerprint density at radius 1 is 1.15 bits per heavy atom. The second-order valence-corrected chi connectivity index (χ2v) is 7.07. The van der Waals surface area contributed by atoms with Gasteiger partial charge in [-0.1, -0.05) is 38.0 Å². The Kier molecular flexibility index (Phi) is 6.32. The van der Waals surface area contributed by atoms with E-state index in [9.17, 15) is 14.7 Å². The van der Waals surface area contributed by atoms with E-state index in [1.165, 1.54) is 0 Å². The molecule has 1 aliphatic rings. The number of hydrogen-bond acceptors (Lipinski definition) is 3. The van der Waals surface area contributed by atoms with Gasteiger partial charge in [0.25, 0.3) is 0 Å². The van der Waals surface area contributed by atoms with Gasteiger partial charge in [-0.2, -0.15) is 0 Å². The van der Waals surface area contributed by atoms with E-state index in [1.54, 1.807) is 18.2 Å². The van der Waals surface area contributed by atoms with E-state index >= 15 is 0 Å². The third-order valence-electron chi connectivity index (χ3n) is 5.29. The van der Waals surface area contributed by atoms with Crippen molar-refractivity contribution in [1.82, 2.24) is 4.90 Å². The van der Waals surface area contributed by atoms with Gasteiger partial charge in [-0.05, 0) is 43.0 Å². The summed E-state index contributed by atoms with van der Waals surface area (Å²) in [5.41, 5.74) is 0.979. The molecule has 0 saturated carbocycles. The number of likely N-dealkylation sites (tertiary alicyclic amines) is 1. The largest absolute Gasteiger partial charge is 0.478 e. The number of hydrogen-bond donors (Lipinski definition) is 1. The molecule has 1 atom stereocenters. The van der Waals surface area contributed by atoms with E-state index in [-0.39, 0.29) is 17.5 Å². The molecule has 1 saturated heterocycles. The molecule has 0 bridgehead atoms. The first-order valence-corrected chi connectivity index (χ1v) is 9.79. The van der Waals surface area contributed by atoms with Crippen molar-refractivity contribution in [3.63, 3.8) is 0 Å². The van der Waals surface area contributed by atoms with Crippen molar-refractivity contribution in [2.75, 3.05) is 6.54 Å². The van der Waals surface area contributed by atoms with Crippen LogP contribution in [0.2, 0.25) is 0 Å². The number of nitrogens with zero attached hydrogens (tertiary/aromatic N) is 1. The average molecular weight is 369 g/mol. The standard InChI is InChI=1S/C22H27NO4/c1-2-17-12-13-20(27-17)19-10-4-3-7-15-23(19)21(24)14-11-16-8-5-6-9-18(16)22(25)26/h5-6,8-9,12-13,19H,2-4,7,10-11,14-15H2,1H3,(H,25,26). The monoisotopic (exact) mass is 369 g/mol. The maximum absolute atomic E-state index is 13.0. The zero-order chi connectivity index (χ0) is 19.2. The van der Waals surface area contributed by atoms with Gasteiger partial charge in [0.2, 0.25) is 5.91 Å². The van der Waals surface area contributed by atoms with E-state index in [2.05, 4.69) is 6.92 Å². The number of benzene rings is 1. The summed E-state index contributed by atoms with van der Waals surface area (Å²) in [5, 5.41) is 9.33. The summed E-state index contributed by atoms with van der Waals surface area (Å²) < 4.78 is 5.95. The second kappa shape index (κ2) is 8.89. The highest BCUT2D eigenvalue weighted by atomic mass is 16.4. The molecular formula is C22H27NO4. The van der Waals surface area contributed by atoms with Gasteiger partial charge in [0.15, 0.2) is 0 Å². The molecular weight excluding hydrogens is 342 g/mol. The minimum Gasteiger partial charge on any atom is -0.478 e. The molecule has 1 unspecified atom stereocenters. The van der Waals surface area contributed by atoms with Gasteiger partial charge in [-0.15, -0.1) is 0 Å². The van der Waals surface area contributed by atoms with Gasteiger partial charge in [0.05, 0.1) is 11.6 Å². The van der Waals surface area contributed by atoms with Crippen molar-refractivity contribution in [2.45, 2.75) is 57.9 Å². The van der Waals surface area contributed by atoms with Crippen molar-refractivity contribution >= 4 is 11.9 Å². The third kappa shape index (κ3) is 4.59. The Balaban J connectivity index is 1.73. The van der Waals surface area contributed by atoms with E-state index in [0.29, 0.717) is 18.4 Å². The van der Waals surface area contributed by atoms with Gasteiger partial charge in [-0.3, -0.25) is 4.79 Å². The minimum absolute atomic E-state index is 0.0185. The Morgan fingerprint density at radius 2 is 1.96 bits per heavy atom. The quantitative estimate of drug-likeness (QED) is 0.807. The van der Waals surface area contributed by atoms with E-state index < -0.39 is 5.97 Å². The fourth-order valence-corrected chi connectivity index (χ4v) is 3.80. The summed E-state index contributed by atoms with van der Waals surface area (Å²) in [6.45, 7) is 2.78. The van der Waals surface area contributed by atoms with Gasteiger partial charge < -0.3 is 14.4 Å². The van der Waals surface area contributed by atoms with Crippen molar-refractivity contribution < 1.29 is 19.1 Å². The zero-order valence-corrected chi connectivity index (χ0v) is 15.8. The maximum Gasteiger partial charge on any atom is 0.335 e. The predicted molar refractivity (Wildman–Crippen MR) is 103 cm³/mol. The lowest BCUT2D eigenvalue weighted by molar-refractivity contribution is -0.134. The van der Waals surface area contributed by atoms with Crippen LogP contribution in [0.4, 0.5) is 0 Å². The van der Waals surface area contributed by atoms with E-state index in [4.69, 9.17) is 4.42 Å². The van der Waals surface area contributed by atoms with Crippen molar-refractivity contribution in [3.8, 4) is 0 Å². The number of amides is 1. The van der Waals surface area contributed by atoms with Crippen molar-refractivity contribution in [3.05, 3.63) is 59.0 Å². The molecule has 1 amide bonds. The minimum atomic E-state index is -0.951. The molecule has 1 N–H and O–H groups in total. The Labute approximate surface area is 160 Å². The summed E-state index contributed by atoms with van der Waals surface area (Å²) >= 11 is 0. The van der Waals surface area contributed by atoms with Gasteiger partial charge >= 0.3 is 5.97 Å². The number of aromatic carboxylic acids is 1. The number of carbonyl (C=O) groups is 2. The molecule has 27 heavy (non-hydrogen) atoms. The molecule has 2 aromatic rings. The predicted octanol–water partition coefficient (Wildman–Crippen LogP) is 4.62. The van der Waals surface area contributed by atoms with Crippen LogP contribution in [-0.2, 0) is 17.6 Å². The lowest BCUT2D eigenvalue weighted by Crippen LogP contribution is -2.34. The number of carboxylic acids is 1. The van der Waals surface area contributed by atoms with Crippen LogP contribution in [0.15, 0.2) is 40.8 Å². The fraction of sp³-hybridized carbons (Fsp3) is 0.455. The number of rotatable bonds is 6. The van der Waals surface area contributed by atoms with Crippen LogP contribution >= 0.6 is 0 Å². The molecule has 1 aromatic carbocycles. The molecule has 144 valence electrons. The lowest BCUT2D eigenvalue weighted by Gasteiger charge is -2.29. The topological polar surface area (TPSA) is 70.8 Å². The molecule has 5 heteroatoms. The first-order valence-electron chi connectivity index (χ1n) is 9.79. The van der Waals surface area contributed by atoms with Crippen LogP contribution in [-0.4, -0.2) is 28.4 Å². The van der Waals surface area contributed by atoms with E-state index in [0.717, 1.165) is 50.2 Å². The molecule has 1 fully saturated rings. The number of carboxylic acid groups (broad SMARTS) is 1. The molecule has 5 nitrogen and oxygen atoms in total. The first-order chi connectivity index (χ1) is 13.1. The molecule has 3 rings (SSSR count). The molecule has 2 heterocycles. The fourth-order valence-electron chi connectivity index (χ4n) is 3.80. The lowest BCUT2D eigenvalue weighted by atomic mass is 10.0. The van der Waals surface area contributed by atoms with Crippen molar-refractivity contribution in [1.29, 1.82) is 0 Å². The normalized spacial score (nSPS) is 17.5. The van der Waals surface area contributed by atoms with Crippen LogP contribution in [0.5, 0.6) is 0 Å². The first kappa shape index (κ1) is 19.2. The number of carbonyl (C=O) groups excluding carboxylic acids is 1. The Morgan fingerprint density at radius 3 is 2.70 bits per heavy atom. The summed E-state index contributed by atoms with van der Waals surface area (Å²) in [4.78, 5) is 26.3. The van der Waals surface area contributed by atoms with Gasteiger partial charge in [0.1, 0.15) is 11.5 Å². The van der Waals surface area contributed by atoms with Crippen LogP contribution in [0.1, 0.15) is 72.5 Å². The highest BCUT2D eigenvalue weighted by Gasteiger charge is 2.29. The van der Waals surface area contributed by atoms with Gasteiger partial charge in [-0.25, -0.2) is 4.79 Å². The smallest absolute Gasteiger partial charge is 0.335 e. The summed E-state index contributed by atoms with van der Waals surface area (Å²) in [6, 6.07) is 10.9. The van der Waals surface area contributed by atoms with E-state index in [1.807, 2.05) is 23.1 Å². The highest BCUT2D eigenvalue weighted by Crippen LogP contribution is 2.32.